The van der Waals surface area contributed by atoms with Crippen LogP contribution in [0.1, 0.15) is 23.7 Å². The van der Waals surface area contributed by atoms with Crippen molar-refractivity contribution in [2.75, 3.05) is 12.4 Å². The number of nitrogens with zero attached hydrogens (tertiary/aromatic N) is 2. The molecule has 0 aliphatic heterocycles. The lowest BCUT2D eigenvalue weighted by Crippen LogP contribution is -2.21. The summed E-state index contributed by atoms with van der Waals surface area (Å²) in [6.45, 7) is 1.53. The molecule has 2 amide bonds. The van der Waals surface area contributed by atoms with Gasteiger partial charge in [0.2, 0.25) is 5.91 Å². The predicted octanol–water partition coefficient (Wildman–Crippen LogP) is 3.60. The molecule has 0 aliphatic carbocycles. The molecule has 0 saturated carbocycles. The van der Waals surface area contributed by atoms with E-state index in [-0.39, 0.29) is 40.6 Å². The monoisotopic (exact) mass is 436 g/mol. The highest BCUT2D eigenvalue weighted by molar-refractivity contribution is 6.07. The molecule has 164 valence electrons. The molecule has 3 aromatic carbocycles. The van der Waals surface area contributed by atoms with Crippen LogP contribution in [0.25, 0.3) is 10.8 Å². The van der Waals surface area contributed by atoms with Crippen molar-refractivity contribution in [3.63, 3.8) is 0 Å². The fourth-order valence-corrected chi connectivity index (χ4v) is 2.99. The Balaban J connectivity index is 1.67. The van der Waals surface area contributed by atoms with E-state index in [0.717, 1.165) is 10.8 Å². The van der Waals surface area contributed by atoms with Gasteiger partial charge in [0.15, 0.2) is 0 Å². The third-order valence-corrected chi connectivity index (χ3v) is 4.54. The third kappa shape index (κ3) is 5.17. The van der Waals surface area contributed by atoms with Crippen LogP contribution < -0.4 is 15.5 Å². The highest BCUT2D eigenvalue weighted by Gasteiger charge is 2.15. The molecule has 3 rings (SSSR count). The lowest BCUT2D eigenvalue weighted by molar-refractivity contribution is -0.384. The summed E-state index contributed by atoms with van der Waals surface area (Å²) in [7, 11) is 1.38. The smallest absolute Gasteiger partial charge is 0.275 e. The Morgan fingerprint density at radius 3 is 2.47 bits per heavy atom. The number of hydrogen-bond acceptors (Lipinski definition) is 7. The molecule has 3 N–H and O–H groups in total. The standard InChI is InChI=1S/C22H20N4O6/c1-13(9-21(28)23-18-12-16(26(30)31)7-8-20(18)32-2)24-25-22(29)17-10-14-5-3-4-6-15(14)11-19(17)27/h3-8,10-12,27H,9H2,1-2H3,(H,23,28)(H,25,29)/b24-13+. The molecule has 0 bridgehead atoms. The number of aromatic hydroxyl groups is 1. The van der Waals surface area contributed by atoms with E-state index >= 15 is 0 Å². The van der Waals surface area contributed by atoms with Crippen molar-refractivity contribution in [2.45, 2.75) is 13.3 Å². The first-order chi connectivity index (χ1) is 15.3. The number of carbonyl (C=O) groups is 2. The zero-order valence-electron chi connectivity index (χ0n) is 17.3. The van der Waals surface area contributed by atoms with Gasteiger partial charge in [-0.3, -0.25) is 19.7 Å². The molecule has 10 heteroatoms. The van der Waals surface area contributed by atoms with Crippen molar-refractivity contribution in [3.05, 3.63) is 70.3 Å². The van der Waals surface area contributed by atoms with E-state index in [1.807, 2.05) is 24.3 Å². The maximum absolute atomic E-state index is 12.4. The first-order valence-corrected chi connectivity index (χ1v) is 9.46. The second-order valence-electron chi connectivity index (χ2n) is 6.87. The minimum atomic E-state index is -0.631. The zero-order chi connectivity index (χ0) is 23.3. The van der Waals surface area contributed by atoms with Crippen molar-refractivity contribution in [3.8, 4) is 11.5 Å². The summed E-state index contributed by atoms with van der Waals surface area (Å²) in [5, 5.41) is 29.1. The normalized spacial score (nSPS) is 11.1. The highest BCUT2D eigenvalue weighted by atomic mass is 16.6. The molecule has 0 spiro atoms. The van der Waals surface area contributed by atoms with Crippen molar-refractivity contribution >= 4 is 39.7 Å². The SMILES string of the molecule is COc1ccc([N+](=O)[O-])cc1NC(=O)C/C(C)=N/NC(=O)c1cc2ccccc2cc1O. The lowest BCUT2D eigenvalue weighted by atomic mass is 10.1. The van der Waals surface area contributed by atoms with E-state index in [9.17, 15) is 24.8 Å². The van der Waals surface area contributed by atoms with Gasteiger partial charge in [-0.15, -0.1) is 0 Å². The molecule has 0 aliphatic rings. The third-order valence-electron chi connectivity index (χ3n) is 4.54. The number of hydrazone groups is 1. The number of methoxy groups -OCH3 is 1. The van der Waals surface area contributed by atoms with Crippen LogP contribution in [0.5, 0.6) is 11.5 Å². The van der Waals surface area contributed by atoms with Gasteiger partial charge in [-0.05, 0) is 35.9 Å². The van der Waals surface area contributed by atoms with Gasteiger partial charge in [0, 0.05) is 17.8 Å². The molecular weight excluding hydrogens is 416 g/mol. The number of non-ortho nitro benzene ring substituents is 1. The quantitative estimate of drug-likeness (QED) is 0.293. The van der Waals surface area contributed by atoms with E-state index in [1.54, 1.807) is 6.07 Å². The average Bonchev–Trinajstić information content (AvgIpc) is 2.76. The summed E-state index contributed by atoms with van der Waals surface area (Å²) < 4.78 is 5.11. The van der Waals surface area contributed by atoms with Crippen molar-refractivity contribution < 1.29 is 24.4 Å². The molecule has 32 heavy (non-hydrogen) atoms. The Morgan fingerprint density at radius 1 is 1.12 bits per heavy atom. The van der Waals surface area contributed by atoms with Crippen LogP contribution >= 0.6 is 0 Å². The number of rotatable bonds is 7. The van der Waals surface area contributed by atoms with E-state index in [1.165, 1.54) is 38.3 Å². The van der Waals surface area contributed by atoms with Crippen molar-refractivity contribution in [2.24, 2.45) is 5.10 Å². The summed E-state index contributed by atoms with van der Waals surface area (Å²) in [5.41, 5.74) is 2.58. The molecular formula is C22H20N4O6. The Hall–Kier alpha value is -4.47. The number of fused-ring (bicyclic) bond motifs is 1. The Labute approximate surface area is 182 Å². The largest absolute Gasteiger partial charge is 0.507 e. The summed E-state index contributed by atoms with van der Waals surface area (Å²) in [4.78, 5) is 35.1. The van der Waals surface area contributed by atoms with Gasteiger partial charge in [0.1, 0.15) is 11.5 Å². The van der Waals surface area contributed by atoms with Gasteiger partial charge < -0.3 is 15.2 Å². The molecule has 3 aromatic rings. The van der Waals surface area contributed by atoms with E-state index in [2.05, 4.69) is 15.8 Å². The van der Waals surface area contributed by atoms with Crippen LogP contribution in [0.3, 0.4) is 0 Å². The topological polar surface area (TPSA) is 143 Å². The molecule has 0 atom stereocenters. The number of phenolic OH excluding ortho intramolecular Hbond substituents is 1. The molecule has 0 unspecified atom stereocenters. The number of phenols is 1. The van der Waals surface area contributed by atoms with Gasteiger partial charge in [-0.25, -0.2) is 5.43 Å². The van der Waals surface area contributed by atoms with Gasteiger partial charge in [0.25, 0.3) is 11.6 Å². The summed E-state index contributed by atoms with van der Waals surface area (Å²) in [5.74, 6) is -1.07. The number of benzene rings is 3. The van der Waals surface area contributed by atoms with Crippen LogP contribution in [0.2, 0.25) is 0 Å². The minimum absolute atomic E-state index is 0.0473. The lowest BCUT2D eigenvalue weighted by Gasteiger charge is -2.10. The summed E-state index contributed by atoms with van der Waals surface area (Å²) >= 11 is 0. The Morgan fingerprint density at radius 2 is 1.81 bits per heavy atom. The molecule has 0 aromatic heterocycles. The number of hydrogen-bond donors (Lipinski definition) is 3. The fraction of sp³-hybridized carbons (Fsp3) is 0.136. The number of ether oxygens (including phenoxy) is 1. The first kappa shape index (κ1) is 22.2. The minimum Gasteiger partial charge on any atom is -0.507 e. The average molecular weight is 436 g/mol. The Kier molecular flexibility index (Phi) is 6.64. The van der Waals surface area contributed by atoms with Gasteiger partial charge in [-0.2, -0.15) is 5.10 Å². The summed E-state index contributed by atoms with van der Waals surface area (Å²) in [6.07, 6.45) is -0.185. The van der Waals surface area contributed by atoms with Gasteiger partial charge in [0.05, 0.1) is 29.7 Å². The number of nitro groups is 1. The maximum atomic E-state index is 12.4. The molecule has 0 heterocycles. The van der Waals surface area contributed by atoms with Crippen LogP contribution in [-0.2, 0) is 4.79 Å². The number of anilines is 1. The maximum Gasteiger partial charge on any atom is 0.275 e. The van der Waals surface area contributed by atoms with E-state index in [0.29, 0.717) is 0 Å². The van der Waals surface area contributed by atoms with Crippen LogP contribution in [0.4, 0.5) is 11.4 Å². The molecule has 0 fully saturated rings. The first-order valence-electron chi connectivity index (χ1n) is 9.46. The highest BCUT2D eigenvalue weighted by Crippen LogP contribution is 2.29. The number of nitro benzene ring substituents is 1. The summed E-state index contributed by atoms with van der Waals surface area (Å²) in [6, 6.07) is 14.1. The molecule has 0 saturated heterocycles. The van der Waals surface area contributed by atoms with Gasteiger partial charge >= 0.3 is 0 Å². The van der Waals surface area contributed by atoms with Gasteiger partial charge in [-0.1, -0.05) is 24.3 Å². The van der Waals surface area contributed by atoms with Crippen LogP contribution in [0.15, 0.2) is 59.7 Å². The Bertz CT molecular complexity index is 1240. The van der Waals surface area contributed by atoms with E-state index in [4.69, 9.17) is 4.74 Å². The molecule has 0 radical (unpaired) electrons. The van der Waals surface area contributed by atoms with Crippen molar-refractivity contribution in [1.82, 2.24) is 5.43 Å². The van der Waals surface area contributed by atoms with Crippen LogP contribution in [0, 0.1) is 10.1 Å². The van der Waals surface area contributed by atoms with Crippen LogP contribution in [-0.4, -0.2) is 34.7 Å². The predicted molar refractivity (Wildman–Crippen MR) is 119 cm³/mol. The number of amides is 2. The fourth-order valence-electron chi connectivity index (χ4n) is 2.99. The second-order valence-corrected chi connectivity index (χ2v) is 6.87. The van der Waals surface area contributed by atoms with E-state index < -0.39 is 16.7 Å². The zero-order valence-corrected chi connectivity index (χ0v) is 17.3. The molecule has 10 nitrogen and oxygen atoms in total. The van der Waals surface area contributed by atoms with Crippen molar-refractivity contribution in [1.29, 1.82) is 0 Å². The second kappa shape index (κ2) is 9.56. The number of carbonyl (C=O) groups excluding carboxylic acids is 2. The number of nitrogens with one attached hydrogen (secondary N) is 2.